The number of benzene rings is 1. The van der Waals surface area contributed by atoms with E-state index in [0.29, 0.717) is 22.2 Å². The van der Waals surface area contributed by atoms with Gasteiger partial charge in [0.1, 0.15) is 11.6 Å². The van der Waals surface area contributed by atoms with Crippen molar-refractivity contribution < 1.29 is 19.1 Å². The van der Waals surface area contributed by atoms with Gasteiger partial charge in [0.25, 0.3) is 0 Å². The Morgan fingerprint density at radius 2 is 1.96 bits per heavy atom. The molecule has 1 aliphatic rings. The third kappa shape index (κ3) is 4.54. The Bertz CT molecular complexity index is 655. The topological polar surface area (TPSA) is 64.6 Å². The second-order valence-corrected chi connectivity index (χ2v) is 7.64. The Kier molecular flexibility index (Phi) is 5.66. The molecule has 1 N–H and O–H groups in total. The highest BCUT2D eigenvalue weighted by molar-refractivity contribution is 6.35. The number of esters is 2. The van der Waals surface area contributed by atoms with Crippen molar-refractivity contribution >= 4 is 40.8 Å². The van der Waals surface area contributed by atoms with Crippen LogP contribution in [-0.2, 0) is 19.1 Å². The van der Waals surface area contributed by atoms with Crippen LogP contribution >= 0.6 is 23.2 Å². The molecule has 0 radical (unpaired) electrons. The molecule has 1 aromatic rings. The van der Waals surface area contributed by atoms with Crippen molar-refractivity contribution in [1.29, 1.82) is 0 Å². The van der Waals surface area contributed by atoms with Crippen LogP contribution in [0.15, 0.2) is 12.1 Å². The summed E-state index contributed by atoms with van der Waals surface area (Å²) in [5.74, 6) is -0.989. The zero-order chi connectivity index (χ0) is 18.1. The maximum Gasteiger partial charge on any atom is 0.329 e. The van der Waals surface area contributed by atoms with E-state index in [9.17, 15) is 9.59 Å². The fourth-order valence-electron chi connectivity index (χ4n) is 2.77. The van der Waals surface area contributed by atoms with E-state index in [1.54, 1.807) is 32.9 Å². The summed E-state index contributed by atoms with van der Waals surface area (Å²) < 4.78 is 10.2. The molecule has 0 amide bonds. The summed E-state index contributed by atoms with van der Waals surface area (Å²) in [6.07, 6.45) is 0.518. The van der Waals surface area contributed by atoms with Gasteiger partial charge in [-0.2, -0.15) is 0 Å². The highest BCUT2D eigenvalue weighted by Gasteiger charge is 2.36. The first-order valence-electron chi connectivity index (χ1n) is 7.66. The standard InChI is InChI=1S/C17H21Cl2NO4/c1-17(2,3)24-16(22)13-5-9(6-14(21)23-4)15-11(19)7-10(18)8-12(15)20-13/h7-9,13,20H,5-6H2,1-4H3/t9-,13-/m1/s1. The van der Waals surface area contributed by atoms with Crippen LogP contribution in [0.25, 0.3) is 0 Å². The summed E-state index contributed by atoms with van der Waals surface area (Å²) in [4.78, 5) is 24.2. The molecular weight excluding hydrogens is 353 g/mol. The average Bonchev–Trinajstić information content (AvgIpc) is 2.44. The molecule has 0 unspecified atom stereocenters. The van der Waals surface area contributed by atoms with E-state index in [-0.39, 0.29) is 24.3 Å². The lowest BCUT2D eigenvalue weighted by Crippen LogP contribution is -2.40. The molecule has 0 bridgehead atoms. The first-order chi connectivity index (χ1) is 11.1. The predicted octanol–water partition coefficient (Wildman–Crippen LogP) is 4.17. The SMILES string of the molecule is COC(=O)C[C@H]1C[C@H](C(=O)OC(C)(C)C)Nc2cc(Cl)cc(Cl)c21. The minimum atomic E-state index is -0.594. The van der Waals surface area contributed by atoms with Crippen molar-refractivity contribution in [3.63, 3.8) is 0 Å². The number of rotatable bonds is 3. The molecule has 2 rings (SSSR count). The van der Waals surface area contributed by atoms with Crippen LogP contribution in [0.3, 0.4) is 0 Å². The fourth-order valence-corrected chi connectivity index (χ4v) is 3.41. The van der Waals surface area contributed by atoms with Crippen molar-refractivity contribution in [1.82, 2.24) is 0 Å². The molecule has 0 fully saturated rings. The van der Waals surface area contributed by atoms with E-state index in [4.69, 9.17) is 32.7 Å². The Morgan fingerprint density at radius 3 is 2.54 bits per heavy atom. The molecule has 24 heavy (non-hydrogen) atoms. The van der Waals surface area contributed by atoms with Gasteiger partial charge in [-0.25, -0.2) is 4.79 Å². The van der Waals surface area contributed by atoms with E-state index in [1.807, 2.05) is 0 Å². The lowest BCUT2D eigenvalue weighted by atomic mass is 9.84. The van der Waals surface area contributed by atoms with E-state index < -0.39 is 11.6 Å². The van der Waals surface area contributed by atoms with Crippen LogP contribution in [-0.4, -0.2) is 30.7 Å². The van der Waals surface area contributed by atoms with Gasteiger partial charge in [-0.3, -0.25) is 4.79 Å². The number of carbonyl (C=O) groups is 2. The van der Waals surface area contributed by atoms with E-state index in [0.717, 1.165) is 5.56 Å². The van der Waals surface area contributed by atoms with Crippen LogP contribution in [0, 0.1) is 0 Å². The minimum absolute atomic E-state index is 0.131. The summed E-state index contributed by atoms with van der Waals surface area (Å²) in [6.45, 7) is 5.42. The van der Waals surface area contributed by atoms with Crippen LogP contribution in [0.5, 0.6) is 0 Å². The van der Waals surface area contributed by atoms with Gasteiger partial charge in [0, 0.05) is 21.7 Å². The van der Waals surface area contributed by atoms with Gasteiger partial charge in [0.15, 0.2) is 0 Å². The van der Waals surface area contributed by atoms with Gasteiger partial charge in [0.2, 0.25) is 0 Å². The van der Waals surface area contributed by atoms with Gasteiger partial charge < -0.3 is 14.8 Å². The molecule has 7 heteroatoms. The van der Waals surface area contributed by atoms with Crippen molar-refractivity contribution in [2.75, 3.05) is 12.4 Å². The highest BCUT2D eigenvalue weighted by Crippen LogP contribution is 2.43. The largest absolute Gasteiger partial charge is 0.469 e. The molecule has 0 spiro atoms. The van der Waals surface area contributed by atoms with Crippen LogP contribution in [0.1, 0.15) is 45.1 Å². The Hall–Kier alpha value is -1.46. The lowest BCUT2D eigenvalue weighted by Gasteiger charge is -2.34. The van der Waals surface area contributed by atoms with Crippen LogP contribution in [0.2, 0.25) is 10.0 Å². The van der Waals surface area contributed by atoms with Crippen molar-refractivity contribution in [2.24, 2.45) is 0 Å². The van der Waals surface area contributed by atoms with Gasteiger partial charge in [0.05, 0.1) is 13.5 Å². The van der Waals surface area contributed by atoms with E-state index >= 15 is 0 Å². The molecule has 2 atom stereocenters. The Morgan fingerprint density at radius 1 is 1.29 bits per heavy atom. The molecule has 1 heterocycles. The maximum atomic E-state index is 12.4. The number of fused-ring (bicyclic) bond motifs is 1. The fraction of sp³-hybridized carbons (Fsp3) is 0.529. The summed E-state index contributed by atoms with van der Waals surface area (Å²) in [5.41, 5.74) is 0.817. The van der Waals surface area contributed by atoms with Gasteiger partial charge in [-0.05, 0) is 44.9 Å². The van der Waals surface area contributed by atoms with Crippen molar-refractivity contribution in [2.45, 2.75) is 51.2 Å². The average molecular weight is 374 g/mol. The van der Waals surface area contributed by atoms with Crippen molar-refractivity contribution in [3.05, 3.63) is 27.7 Å². The zero-order valence-electron chi connectivity index (χ0n) is 14.1. The normalized spacial score (nSPS) is 19.9. The molecule has 0 aliphatic carbocycles. The van der Waals surface area contributed by atoms with E-state index in [1.165, 1.54) is 7.11 Å². The smallest absolute Gasteiger partial charge is 0.329 e. The summed E-state index contributed by atoms with van der Waals surface area (Å²) in [6, 6.07) is 2.74. The summed E-state index contributed by atoms with van der Waals surface area (Å²) >= 11 is 12.4. The number of anilines is 1. The number of hydrogen-bond acceptors (Lipinski definition) is 5. The van der Waals surface area contributed by atoms with Crippen molar-refractivity contribution in [3.8, 4) is 0 Å². The monoisotopic (exact) mass is 373 g/mol. The maximum absolute atomic E-state index is 12.4. The number of hydrogen-bond donors (Lipinski definition) is 1. The molecular formula is C17H21Cl2NO4. The molecule has 5 nitrogen and oxygen atoms in total. The third-order valence-corrected chi connectivity index (χ3v) is 4.22. The first kappa shape index (κ1) is 18.9. The number of ether oxygens (including phenoxy) is 2. The van der Waals surface area contributed by atoms with E-state index in [2.05, 4.69) is 5.32 Å². The highest BCUT2D eigenvalue weighted by atomic mass is 35.5. The molecule has 1 aromatic carbocycles. The number of halogens is 2. The van der Waals surface area contributed by atoms with Crippen LogP contribution in [0.4, 0.5) is 5.69 Å². The molecule has 132 valence electrons. The summed E-state index contributed by atoms with van der Waals surface area (Å²) in [5, 5.41) is 4.04. The molecule has 0 saturated heterocycles. The first-order valence-corrected chi connectivity index (χ1v) is 8.41. The Balaban J connectivity index is 2.34. The van der Waals surface area contributed by atoms with Gasteiger partial charge >= 0.3 is 11.9 Å². The molecule has 1 aliphatic heterocycles. The second-order valence-electron chi connectivity index (χ2n) is 6.79. The van der Waals surface area contributed by atoms with Gasteiger partial charge in [-0.15, -0.1) is 0 Å². The number of carbonyl (C=O) groups excluding carboxylic acids is 2. The summed E-state index contributed by atoms with van der Waals surface area (Å²) in [7, 11) is 1.33. The second kappa shape index (κ2) is 7.19. The molecule has 0 saturated carbocycles. The third-order valence-electron chi connectivity index (χ3n) is 3.68. The predicted molar refractivity (Wildman–Crippen MR) is 93.7 cm³/mol. The Labute approximate surface area is 151 Å². The number of nitrogens with one attached hydrogen (secondary N) is 1. The zero-order valence-corrected chi connectivity index (χ0v) is 15.6. The molecule has 0 aromatic heterocycles. The quantitative estimate of drug-likeness (QED) is 0.805. The van der Waals surface area contributed by atoms with Crippen LogP contribution < -0.4 is 5.32 Å². The lowest BCUT2D eigenvalue weighted by molar-refractivity contribution is -0.156. The minimum Gasteiger partial charge on any atom is -0.469 e. The van der Waals surface area contributed by atoms with Gasteiger partial charge in [-0.1, -0.05) is 23.2 Å². The number of methoxy groups -OCH3 is 1.